The molecule has 0 saturated heterocycles. The Kier molecular flexibility index (Phi) is 8.02. The van der Waals surface area contributed by atoms with Crippen LogP contribution in [0, 0.1) is 6.92 Å². The number of hydrogen-bond acceptors (Lipinski definition) is 5. The molecule has 0 aliphatic carbocycles. The molecule has 0 unspecified atom stereocenters. The van der Waals surface area contributed by atoms with Crippen LogP contribution in [0.1, 0.15) is 45.3 Å². The van der Waals surface area contributed by atoms with Gasteiger partial charge in [-0.05, 0) is 45.0 Å². The zero-order valence-electron chi connectivity index (χ0n) is 14.5. The number of aryl methyl sites for hydroxylation is 1. The van der Waals surface area contributed by atoms with E-state index in [9.17, 15) is 9.59 Å². The predicted octanol–water partition coefficient (Wildman–Crippen LogP) is 2.77. The largest absolute Gasteiger partial charge is 0.350 e. The van der Waals surface area contributed by atoms with Gasteiger partial charge in [-0.25, -0.2) is 4.98 Å². The lowest BCUT2D eigenvalue weighted by Crippen LogP contribution is -2.30. The zero-order chi connectivity index (χ0) is 17.7. The Balaban J connectivity index is 0.00000312. The average molecular weight is 383 g/mol. The SMILES string of the molecule is Cc1ccc(NC(=O)c2csc(CCN)n2)cc1C(=O)NC(C)C.Cl. The molecule has 1 aromatic heterocycles. The second-order valence-corrected chi connectivity index (χ2v) is 6.72. The number of anilines is 1. The number of rotatable bonds is 6. The highest BCUT2D eigenvalue weighted by Crippen LogP contribution is 2.17. The highest BCUT2D eigenvalue weighted by molar-refractivity contribution is 7.09. The van der Waals surface area contributed by atoms with E-state index in [1.165, 1.54) is 11.3 Å². The third kappa shape index (κ3) is 5.81. The summed E-state index contributed by atoms with van der Waals surface area (Å²) in [6, 6.07) is 5.31. The predicted molar refractivity (Wildman–Crippen MR) is 104 cm³/mol. The molecule has 8 heteroatoms. The Morgan fingerprint density at radius 2 is 2.00 bits per heavy atom. The van der Waals surface area contributed by atoms with Crippen LogP contribution >= 0.6 is 23.7 Å². The molecule has 136 valence electrons. The molecule has 4 N–H and O–H groups in total. The quantitative estimate of drug-likeness (QED) is 0.715. The van der Waals surface area contributed by atoms with Crippen molar-refractivity contribution >= 4 is 41.2 Å². The third-order valence-electron chi connectivity index (χ3n) is 3.30. The lowest BCUT2D eigenvalue weighted by Gasteiger charge is -2.12. The van der Waals surface area contributed by atoms with Crippen LogP contribution in [0.5, 0.6) is 0 Å². The summed E-state index contributed by atoms with van der Waals surface area (Å²) in [7, 11) is 0. The van der Waals surface area contributed by atoms with Crippen LogP contribution in [0.15, 0.2) is 23.6 Å². The summed E-state index contributed by atoms with van der Waals surface area (Å²) in [6.45, 7) is 6.17. The van der Waals surface area contributed by atoms with Gasteiger partial charge in [-0.2, -0.15) is 0 Å². The van der Waals surface area contributed by atoms with Gasteiger partial charge in [0.05, 0.1) is 5.01 Å². The van der Waals surface area contributed by atoms with Crippen LogP contribution in [-0.4, -0.2) is 29.4 Å². The maximum atomic E-state index is 12.3. The van der Waals surface area contributed by atoms with Crippen molar-refractivity contribution in [3.63, 3.8) is 0 Å². The van der Waals surface area contributed by atoms with Gasteiger partial charge in [-0.1, -0.05) is 6.07 Å². The van der Waals surface area contributed by atoms with Crippen molar-refractivity contribution in [3.05, 3.63) is 45.4 Å². The highest BCUT2D eigenvalue weighted by Gasteiger charge is 2.14. The Morgan fingerprint density at radius 1 is 1.28 bits per heavy atom. The number of nitrogens with two attached hydrogens (primary N) is 1. The number of carbonyl (C=O) groups is 2. The molecule has 6 nitrogen and oxygen atoms in total. The van der Waals surface area contributed by atoms with E-state index in [2.05, 4.69) is 15.6 Å². The number of benzene rings is 1. The maximum Gasteiger partial charge on any atom is 0.275 e. The zero-order valence-corrected chi connectivity index (χ0v) is 16.1. The molecule has 0 fully saturated rings. The molecule has 2 rings (SSSR count). The van der Waals surface area contributed by atoms with E-state index in [-0.39, 0.29) is 30.3 Å². The summed E-state index contributed by atoms with van der Waals surface area (Å²) in [5, 5.41) is 8.18. The van der Waals surface area contributed by atoms with E-state index in [1.54, 1.807) is 17.5 Å². The van der Waals surface area contributed by atoms with Crippen LogP contribution in [0.3, 0.4) is 0 Å². The molecule has 0 bridgehead atoms. The van der Waals surface area contributed by atoms with Gasteiger partial charge in [0.25, 0.3) is 11.8 Å². The van der Waals surface area contributed by atoms with Crippen LogP contribution in [-0.2, 0) is 6.42 Å². The summed E-state index contributed by atoms with van der Waals surface area (Å²) in [4.78, 5) is 28.7. The second kappa shape index (κ2) is 9.50. The molecule has 1 aromatic carbocycles. The van der Waals surface area contributed by atoms with Gasteiger partial charge in [-0.3, -0.25) is 9.59 Å². The number of thiazole rings is 1. The Hall–Kier alpha value is -1.96. The van der Waals surface area contributed by atoms with Gasteiger partial charge in [0.2, 0.25) is 0 Å². The summed E-state index contributed by atoms with van der Waals surface area (Å²) in [6.07, 6.45) is 0.655. The minimum Gasteiger partial charge on any atom is -0.350 e. The molecular formula is C17H23ClN4O2S. The van der Waals surface area contributed by atoms with Crippen molar-refractivity contribution in [2.75, 3.05) is 11.9 Å². The molecule has 0 saturated carbocycles. The van der Waals surface area contributed by atoms with E-state index < -0.39 is 0 Å². The van der Waals surface area contributed by atoms with Crippen molar-refractivity contribution in [2.45, 2.75) is 33.2 Å². The monoisotopic (exact) mass is 382 g/mol. The molecule has 0 spiro atoms. The normalized spacial score (nSPS) is 10.3. The minimum absolute atomic E-state index is 0. The van der Waals surface area contributed by atoms with Crippen LogP contribution in [0.25, 0.3) is 0 Å². The van der Waals surface area contributed by atoms with Crippen LogP contribution in [0.2, 0.25) is 0 Å². The first-order chi connectivity index (χ1) is 11.4. The fourth-order valence-corrected chi connectivity index (χ4v) is 2.93. The fraction of sp³-hybridized carbons (Fsp3) is 0.353. The molecule has 0 aliphatic heterocycles. The van der Waals surface area contributed by atoms with Gasteiger partial charge in [0.15, 0.2) is 0 Å². The van der Waals surface area contributed by atoms with Gasteiger partial charge in [0.1, 0.15) is 5.69 Å². The molecule has 2 amide bonds. The van der Waals surface area contributed by atoms with Crippen molar-refractivity contribution in [3.8, 4) is 0 Å². The molecule has 1 heterocycles. The topological polar surface area (TPSA) is 97.1 Å². The minimum atomic E-state index is -0.298. The van der Waals surface area contributed by atoms with Crippen molar-refractivity contribution in [1.29, 1.82) is 0 Å². The first-order valence-corrected chi connectivity index (χ1v) is 8.66. The van der Waals surface area contributed by atoms with Gasteiger partial charge >= 0.3 is 0 Å². The number of nitrogens with one attached hydrogen (secondary N) is 2. The van der Waals surface area contributed by atoms with Crippen LogP contribution in [0.4, 0.5) is 5.69 Å². The maximum absolute atomic E-state index is 12.3. The fourth-order valence-electron chi connectivity index (χ4n) is 2.13. The number of nitrogens with zero attached hydrogens (tertiary/aromatic N) is 1. The van der Waals surface area contributed by atoms with E-state index in [1.807, 2.05) is 26.8 Å². The van der Waals surface area contributed by atoms with Crippen molar-refractivity contribution in [2.24, 2.45) is 5.73 Å². The Labute approximate surface area is 157 Å². The van der Waals surface area contributed by atoms with E-state index in [0.29, 0.717) is 29.9 Å². The Bertz CT molecular complexity index is 746. The second-order valence-electron chi connectivity index (χ2n) is 5.78. The standard InChI is InChI=1S/C17H22N4O2S.ClH/c1-10(2)19-16(22)13-8-12(5-4-11(13)3)20-17(23)14-9-24-15(21-14)6-7-18;/h4-5,8-10H,6-7,18H2,1-3H3,(H,19,22)(H,20,23);1H. The molecule has 25 heavy (non-hydrogen) atoms. The molecule has 2 aromatic rings. The van der Waals surface area contributed by atoms with Crippen molar-refractivity contribution < 1.29 is 9.59 Å². The molecule has 0 radical (unpaired) electrons. The molecule has 0 atom stereocenters. The summed E-state index contributed by atoms with van der Waals surface area (Å²) < 4.78 is 0. The number of carbonyl (C=O) groups excluding carboxylic acids is 2. The third-order valence-corrected chi connectivity index (χ3v) is 4.21. The number of aromatic nitrogens is 1. The van der Waals surface area contributed by atoms with Crippen molar-refractivity contribution in [1.82, 2.24) is 10.3 Å². The van der Waals surface area contributed by atoms with E-state index >= 15 is 0 Å². The van der Waals surface area contributed by atoms with E-state index in [4.69, 9.17) is 5.73 Å². The van der Waals surface area contributed by atoms with Crippen LogP contribution < -0.4 is 16.4 Å². The smallest absolute Gasteiger partial charge is 0.275 e. The Morgan fingerprint density at radius 3 is 2.64 bits per heavy atom. The molecular weight excluding hydrogens is 360 g/mol. The lowest BCUT2D eigenvalue weighted by molar-refractivity contribution is 0.0941. The first-order valence-electron chi connectivity index (χ1n) is 7.78. The summed E-state index contributed by atoms with van der Waals surface area (Å²) in [5.41, 5.74) is 7.81. The van der Waals surface area contributed by atoms with Gasteiger partial charge < -0.3 is 16.4 Å². The number of hydrogen-bond donors (Lipinski definition) is 3. The molecule has 0 aliphatic rings. The van der Waals surface area contributed by atoms with E-state index in [0.717, 1.165) is 10.6 Å². The first kappa shape index (κ1) is 21.1. The van der Waals surface area contributed by atoms with Gasteiger partial charge in [-0.15, -0.1) is 23.7 Å². The van der Waals surface area contributed by atoms with Gasteiger partial charge in [0, 0.05) is 29.1 Å². The average Bonchev–Trinajstić information content (AvgIpc) is 2.97. The lowest BCUT2D eigenvalue weighted by atomic mass is 10.1. The highest BCUT2D eigenvalue weighted by atomic mass is 35.5. The summed E-state index contributed by atoms with van der Waals surface area (Å²) >= 11 is 1.41. The number of amides is 2. The number of halogens is 1. The summed E-state index contributed by atoms with van der Waals surface area (Å²) in [5.74, 6) is -0.453.